The van der Waals surface area contributed by atoms with Crippen LogP contribution in [0.4, 0.5) is 0 Å². The Morgan fingerprint density at radius 2 is 1.86 bits per heavy atom. The predicted octanol–water partition coefficient (Wildman–Crippen LogP) is 2.23. The van der Waals surface area contributed by atoms with Crippen molar-refractivity contribution in [1.82, 2.24) is 4.31 Å². The first kappa shape index (κ1) is 19.6. The zero-order chi connectivity index (χ0) is 20.3. The lowest BCUT2D eigenvalue weighted by atomic mass is 10.1. The Labute approximate surface area is 169 Å². The van der Waals surface area contributed by atoms with E-state index >= 15 is 0 Å². The van der Waals surface area contributed by atoms with Crippen LogP contribution < -0.4 is 4.74 Å². The number of benzene rings is 2. The van der Waals surface area contributed by atoms with Gasteiger partial charge in [0.1, 0.15) is 19.0 Å². The SMILES string of the molecule is O=C(OCc1cccc(S(=O)(=O)N2CCOCC2)c1)C1=Cc2ccccc2OC1. The minimum absolute atomic E-state index is 0.0235. The molecule has 4 rings (SSSR count). The third kappa shape index (κ3) is 4.34. The Morgan fingerprint density at radius 1 is 1.07 bits per heavy atom. The summed E-state index contributed by atoms with van der Waals surface area (Å²) in [4.78, 5) is 12.6. The van der Waals surface area contributed by atoms with Gasteiger partial charge < -0.3 is 14.2 Å². The van der Waals surface area contributed by atoms with Gasteiger partial charge in [-0.25, -0.2) is 13.2 Å². The first-order chi connectivity index (χ1) is 14.0. The Balaban J connectivity index is 1.44. The second kappa shape index (κ2) is 8.36. The van der Waals surface area contributed by atoms with Crippen LogP contribution in [0.25, 0.3) is 6.08 Å². The van der Waals surface area contributed by atoms with Crippen molar-refractivity contribution >= 4 is 22.1 Å². The molecule has 2 aliphatic heterocycles. The normalized spacial score (nSPS) is 17.0. The number of hydrogen-bond acceptors (Lipinski definition) is 6. The summed E-state index contributed by atoms with van der Waals surface area (Å²) in [6, 6.07) is 13.9. The Hall–Kier alpha value is -2.68. The molecule has 0 unspecified atom stereocenters. The molecule has 1 fully saturated rings. The summed E-state index contributed by atoms with van der Waals surface area (Å²) in [7, 11) is -3.60. The average molecular weight is 415 g/mol. The van der Waals surface area contributed by atoms with Gasteiger partial charge in [-0.3, -0.25) is 0 Å². The van der Waals surface area contributed by atoms with Crippen LogP contribution >= 0.6 is 0 Å². The summed E-state index contributed by atoms with van der Waals surface area (Å²) in [5, 5.41) is 0. The summed E-state index contributed by atoms with van der Waals surface area (Å²) in [6.07, 6.45) is 1.75. The number of esters is 1. The van der Waals surface area contributed by atoms with Gasteiger partial charge in [-0.05, 0) is 29.8 Å². The number of hydrogen-bond donors (Lipinski definition) is 0. The third-order valence-corrected chi connectivity index (χ3v) is 6.66. The molecule has 2 aromatic carbocycles. The third-order valence-electron chi connectivity index (χ3n) is 4.77. The number of ether oxygens (including phenoxy) is 3. The molecule has 0 aliphatic carbocycles. The van der Waals surface area contributed by atoms with E-state index in [9.17, 15) is 13.2 Å². The number of fused-ring (bicyclic) bond motifs is 1. The van der Waals surface area contributed by atoms with Crippen molar-refractivity contribution < 1.29 is 27.4 Å². The summed E-state index contributed by atoms with van der Waals surface area (Å²) in [6.45, 7) is 1.55. The van der Waals surface area contributed by atoms with E-state index in [1.807, 2.05) is 24.3 Å². The summed E-state index contributed by atoms with van der Waals surface area (Å²) < 4.78 is 43.1. The number of carbonyl (C=O) groups excluding carboxylic acids is 1. The lowest BCUT2D eigenvalue weighted by Crippen LogP contribution is -2.40. The Bertz CT molecular complexity index is 1040. The molecule has 1 saturated heterocycles. The number of para-hydroxylation sites is 1. The maximum absolute atomic E-state index is 12.8. The van der Waals surface area contributed by atoms with Crippen LogP contribution in [0.2, 0.25) is 0 Å². The molecule has 0 amide bonds. The van der Waals surface area contributed by atoms with Crippen molar-refractivity contribution in [3.63, 3.8) is 0 Å². The molecule has 152 valence electrons. The fraction of sp³-hybridized carbons (Fsp3) is 0.286. The van der Waals surface area contributed by atoms with Gasteiger partial charge in [0.15, 0.2) is 0 Å². The fourth-order valence-electron chi connectivity index (χ4n) is 3.21. The van der Waals surface area contributed by atoms with Crippen LogP contribution in [0, 0.1) is 0 Å². The standard InChI is InChI=1S/C21H21NO6S/c23-21(18-13-17-5-1-2-7-20(17)27-15-18)28-14-16-4-3-6-19(12-16)29(24,25)22-8-10-26-11-9-22/h1-7,12-13H,8-11,14-15H2. The van der Waals surface area contributed by atoms with Crippen LogP contribution in [-0.4, -0.2) is 51.6 Å². The van der Waals surface area contributed by atoms with E-state index in [-0.39, 0.29) is 18.1 Å². The van der Waals surface area contributed by atoms with Crippen LogP contribution in [0.5, 0.6) is 5.75 Å². The lowest BCUT2D eigenvalue weighted by Gasteiger charge is -2.26. The highest BCUT2D eigenvalue weighted by atomic mass is 32.2. The lowest BCUT2D eigenvalue weighted by molar-refractivity contribution is -0.140. The van der Waals surface area contributed by atoms with Crippen LogP contribution in [0.1, 0.15) is 11.1 Å². The first-order valence-electron chi connectivity index (χ1n) is 9.30. The molecule has 0 radical (unpaired) electrons. The van der Waals surface area contributed by atoms with Crippen molar-refractivity contribution in [2.45, 2.75) is 11.5 Å². The molecule has 2 heterocycles. The smallest absolute Gasteiger partial charge is 0.337 e. The maximum atomic E-state index is 12.8. The predicted molar refractivity (Wildman–Crippen MR) is 106 cm³/mol. The molecule has 0 aromatic heterocycles. The van der Waals surface area contributed by atoms with Crippen LogP contribution in [0.15, 0.2) is 59.0 Å². The molecule has 8 heteroatoms. The minimum atomic E-state index is -3.60. The molecule has 0 saturated carbocycles. The van der Waals surface area contributed by atoms with Gasteiger partial charge in [0.25, 0.3) is 0 Å². The summed E-state index contributed by atoms with van der Waals surface area (Å²) in [5.41, 5.74) is 1.84. The Morgan fingerprint density at radius 3 is 2.69 bits per heavy atom. The maximum Gasteiger partial charge on any atom is 0.337 e. The number of rotatable bonds is 5. The molecule has 29 heavy (non-hydrogen) atoms. The van der Waals surface area contributed by atoms with Gasteiger partial charge in [-0.2, -0.15) is 4.31 Å². The van der Waals surface area contributed by atoms with E-state index in [0.29, 0.717) is 37.4 Å². The number of sulfonamides is 1. The monoisotopic (exact) mass is 415 g/mol. The van der Waals surface area contributed by atoms with Gasteiger partial charge in [-0.1, -0.05) is 30.3 Å². The topological polar surface area (TPSA) is 82.1 Å². The molecule has 2 aromatic rings. The second-order valence-electron chi connectivity index (χ2n) is 6.74. The second-order valence-corrected chi connectivity index (χ2v) is 8.67. The molecule has 0 spiro atoms. The van der Waals surface area contributed by atoms with Gasteiger partial charge in [-0.15, -0.1) is 0 Å². The number of carbonyl (C=O) groups is 1. The highest BCUT2D eigenvalue weighted by molar-refractivity contribution is 7.89. The van der Waals surface area contributed by atoms with Gasteiger partial charge in [0.2, 0.25) is 10.0 Å². The van der Waals surface area contributed by atoms with Crippen molar-refractivity contribution in [2.75, 3.05) is 32.9 Å². The summed E-state index contributed by atoms with van der Waals surface area (Å²) >= 11 is 0. The molecule has 0 atom stereocenters. The first-order valence-corrected chi connectivity index (χ1v) is 10.7. The number of morpholine rings is 1. The average Bonchev–Trinajstić information content (AvgIpc) is 2.78. The van der Waals surface area contributed by atoms with E-state index in [1.54, 1.807) is 30.3 Å². The highest BCUT2D eigenvalue weighted by Gasteiger charge is 2.26. The fourth-order valence-corrected chi connectivity index (χ4v) is 4.69. The zero-order valence-electron chi connectivity index (χ0n) is 15.7. The molecule has 2 aliphatic rings. The molecular weight excluding hydrogens is 394 g/mol. The zero-order valence-corrected chi connectivity index (χ0v) is 16.6. The van der Waals surface area contributed by atoms with Crippen molar-refractivity contribution in [3.05, 3.63) is 65.2 Å². The highest BCUT2D eigenvalue weighted by Crippen LogP contribution is 2.26. The van der Waals surface area contributed by atoms with E-state index in [2.05, 4.69) is 0 Å². The summed E-state index contributed by atoms with van der Waals surface area (Å²) in [5.74, 6) is 0.242. The van der Waals surface area contributed by atoms with Crippen molar-refractivity contribution in [3.8, 4) is 5.75 Å². The van der Waals surface area contributed by atoms with E-state index in [0.717, 1.165) is 11.3 Å². The quantitative estimate of drug-likeness (QED) is 0.697. The van der Waals surface area contributed by atoms with Crippen LogP contribution in [-0.2, 0) is 30.9 Å². The molecular formula is C21H21NO6S. The van der Waals surface area contributed by atoms with E-state index in [4.69, 9.17) is 14.2 Å². The van der Waals surface area contributed by atoms with E-state index in [1.165, 1.54) is 4.31 Å². The molecule has 0 N–H and O–H groups in total. The largest absolute Gasteiger partial charge is 0.488 e. The van der Waals surface area contributed by atoms with Crippen LogP contribution in [0.3, 0.4) is 0 Å². The van der Waals surface area contributed by atoms with Gasteiger partial charge >= 0.3 is 5.97 Å². The van der Waals surface area contributed by atoms with Crippen molar-refractivity contribution in [1.29, 1.82) is 0 Å². The minimum Gasteiger partial charge on any atom is -0.488 e. The van der Waals surface area contributed by atoms with Gasteiger partial charge in [0, 0.05) is 18.7 Å². The van der Waals surface area contributed by atoms with Gasteiger partial charge in [0.05, 0.1) is 23.7 Å². The Kier molecular flexibility index (Phi) is 5.66. The number of nitrogens with zero attached hydrogens (tertiary/aromatic N) is 1. The molecule has 7 nitrogen and oxygen atoms in total. The van der Waals surface area contributed by atoms with E-state index < -0.39 is 16.0 Å². The molecule has 0 bridgehead atoms. The van der Waals surface area contributed by atoms with Crippen molar-refractivity contribution in [2.24, 2.45) is 0 Å².